The maximum Gasteiger partial charge on any atom is 0.119 e. The van der Waals surface area contributed by atoms with Crippen LogP contribution in [0.3, 0.4) is 0 Å². The summed E-state index contributed by atoms with van der Waals surface area (Å²) in [6.07, 6.45) is 16.0. The Labute approximate surface area is 153 Å². The van der Waals surface area contributed by atoms with E-state index in [4.69, 9.17) is 0 Å². The highest BCUT2D eigenvalue weighted by molar-refractivity contribution is 5.47. The Bertz CT molecular complexity index is 582. The van der Waals surface area contributed by atoms with Crippen molar-refractivity contribution in [3.05, 3.63) is 23.3 Å². The van der Waals surface area contributed by atoms with E-state index in [0.29, 0.717) is 22.3 Å². The average molecular weight is 345 g/mol. The summed E-state index contributed by atoms with van der Waals surface area (Å²) in [4.78, 5) is 0. The Balaban J connectivity index is 1.47. The lowest BCUT2D eigenvalue weighted by Gasteiger charge is -2.15. The van der Waals surface area contributed by atoms with E-state index >= 15 is 0 Å². The molecule has 0 bridgehead atoms. The molecule has 0 amide bonds. The van der Waals surface area contributed by atoms with Crippen molar-refractivity contribution in [2.24, 2.45) is 10.8 Å². The first-order chi connectivity index (χ1) is 11.9. The van der Waals surface area contributed by atoms with Crippen molar-refractivity contribution in [3.8, 4) is 11.5 Å². The topological polar surface area (TPSA) is 40.5 Å². The molecule has 1 aromatic rings. The van der Waals surface area contributed by atoms with Gasteiger partial charge in [-0.2, -0.15) is 0 Å². The minimum atomic E-state index is 0.371. The molecule has 0 spiro atoms. The molecule has 1 aromatic carbocycles. The Morgan fingerprint density at radius 1 is 0.680 bits per heavy atom. The number of hydrogen-bond acceptors (Lipinski definition) is 2. The molecule has 0 saturated heterocycles. The first kappa shape index (κ1) is 18.6. The summed E-state index contributed by atoms with van der Waals surface area (Å²) in [5, 5.41) is 20.6. The van der Waals surface area contributed by atoms with E-state index in [2.05, 4.69) is 13.8 Å². The molecule has 2 heteroatoms. The maximum absolute atomic E-state index is 10.3. The Kier molecular flexibility index (Phi) is 5.65. The molecule has 2 fully saturated rings. The predicted octanol–water partition coefficient (Wildman–Crippen LogP) is 6.51. The summed E-state index contributed by atoms with van der Waals surface area (Å²) in [7, 11) is 0. The van der Waals surface area contributed by atoms with E-state index in [1.807, 2.05) is 0 Å². The van der Waals surface area contributed by atoms with Crippen molar-refractivity contribution < 1.29 is 10.2 Å². The molecule has 2 nitrogen and oxygen atoms in total. The molecule has 0 unspecified atom stereocenters. The van der Waals surface area contributed by atoms with Crippen LogP contribution in [0.25, 0.3) is 0 Å². The third-order valence-electron chi connectivity index (χ3n) is 6.75. The van der Waals surface area contributed by atoms with Crippen LogP contribution in [-0.2, 0) is 12.8 Å². The molecule has 2 aliphatic carbocycles. The fourth-order valence-electron chi connectivity index (χ4n) is 4.04. The Morgan fingerprint density at radius 2 is 1.08 bits per heavy atom. The van der Waals surface area contributed by atoms with Gasteiger partial charge in [0.25, 0.3) is 0 Å². The maximum atomic E-state index is 10.3. The van der Waals surface area contributed by atoms with E-state index in [9.17, 15) is 10.2 Å². The molecule has 0 radical (unpaired) electrons. The van der Waals surface area contributed by atoms with E-state index in [1.54, 1.807) is 12.1 Å². The average Bonchev–Trinajstić information content (AvgIpc) is 3.49. The molecule has 2 aliphatic rings. The van der Waals surface area contributed by atoms with Crippen LogP contribution >= 0.6 is 0 Å². The Hall–Kier alpha value is -1.18. The standard InChI is InChI=1S/C23H36O2/c1-22(14-15-22)12-6-3-4-8-18-19(21(25)11-10-20(18)24)9-5-7-13-23(2)16-17-23/h10-11,24-25H,3-9,12-17H2,1-2H3. The first-order valence-electron chi connectivity index (χ1n) is 10.4. The number of aromatic hydroxyl groups is 2. The summed E-state index contributed by atoms with van der Waals surface area (Å²) < 4.78 is 0. The number of phenols is 2. The smallest absolute Gasteiger partial charge is 0.119 e. The highest BCUT2D eigenvalue weighted by Gasteiger charge is 2.36. The second-order valence-electron chi connectivity index (χ2n) is 9.45. The quantitative estimate of drug-likeness (QED) is 0.354. The van der Waals surface area contributed by atoms with Gasteiger partial charge in [0.05, 0.1) is 0 Å². The van der Waals surface area contributed by atoms with Crippen molar-refractivity contribution in [1.29, 1.82) is 0 Å². The van der Waals surface area contributed by atoms with E-state index in [-0.39, 0.29) is 0 Å². The van der Waals surface area contributed by atoms with Crippen molar-refractivity contribution in [3.63, 3.8) is 0 Å². The highest BCUT2D eigenvalue weighted by Crippen LogP contribution is 2.50. The minimum Gasteiger partial charge on any atom is -0.508 e. The van der Waals surface area contributed by atoms with Crippen LogP contribution in [-0.4, -0.2) is 10.2 Å². The van der Waals surface area contributed by atoms with Crippen LogP contribution in [0.4, 0.5) is 0 Å². The van der Waals surface area contributed by atoms with E-state index in [1.165, 1.54) is 57.8 Å². The molecular weight excluding hydrogens is 308 g/mol. The van der Waals surface area contributed by atoms with Gasteiger partial charge in [-0.25, -0.2) is 0 Å². The molecule has 3 rings (SSSR count). The molecule has 2 N–H and O–H groups in total. The lowest BCUT2D eigenvalue weighted by atomic mass is 9.93. The molecule has 0 atom stereocenters. The zero-order chi connectivity index (χ0) is 17.9. The normalized spacial score (nSPS) is 19.8. The van der Waals surface area contributed by atoms with E-state index < -0.39 is 0 Å². The van der Waals surface area contributed by atoms with Crippen molar-refractivity contribution in [2.75, 3.05) is 0 Å². The molecule has 0 heterocycles. The lowest BCUT2D eigenvalue weighted by Crippen LogP contribution is -1.99. The van der Waals surface area contributed by atoms with Gasteiger partial charge in [-0.3, -0.25) is 0 Å². The van der Waals surface area contributed by atoms with Crippen LogP contribution in [0.15, 0.2) is 12.1 Å². The van der Waals surface area contributed by atoms with Gasteiger partial charge in [-0.05, 0) is 87.2 Å². The predicted molar refractivity (Wildman–Crippen MR) is 104 cm³/mol. The fourth-order valence-corrected chi connectivity index (χ4v) is 4.04. The van der Waals surface area contributed by atoms with Crippen molar-refractivity contribution in [2.45, 2.75) is 97.3 Å². The van der Waals surface area contributed by atoms with Gasteiger partial charge in [0, 0.05) is 11.1 Å². The van der Waals surface area contributed by atoms with Gasteiger partial charge in [0.1, 0.15) is 11.5 Å². The second-order valence-corrected chi connectivity index (χ2v) is 9.45. The van der Waals surface area contributed by atoms with Crippen LogP contribution in [0.1, 0.15) is 95.6 Å². The number of rotatable bonds is 11. The van der Waals surface area contributed by atoms with Crippen LogP contribution in [0, 0.1) is 10.8 Å². The summed E-state index contributed by atoms with van der Waals surface area (Å²) in [6, 6.07) is 3.31. The van der Waals surface area contributed by atoms with Gasteiger partial charge in [0.2, 0.25) is 0 Å². The molecule has 0 aromatic heterocycles. The van der Waals surface area contributed by atoms with Crippen molar-refractivity contribution >= 4 is 0 Å². The molecule has 25 heavy (non-hydrogen) atoms. The summed E-state index contributed by atoms with van der Waals surface area (Å²) in [5.41, 5.74) is 3.25. The zero-order valence-corrected chi connectivity index (χ0v) is 16.2. The fraction of sp³-hybridized carbons (Fsp3) is 0.739. The monoisotopic (exact) mass is 344 g/mol. The van der Waals surface area contributed by atoms with Crippen LogP contribution in [0.5, 0.6) is 11.5 Å². The van der Waals surface area contributed by atoms with Crippen LogP contribution < -0.4 is 0 Å². The molecule has 140 valence electrons. The number of hydrogen-bond donors (Lipinski definition) is 2. The van der Waals surface area contributed by atoms with Crippen molar-refractivity contribution in [1.82, 2.24) is 0 Å². The van der Waals surface area contributed by atoms with Gasteiger partial charge < -0.3 is 10.2 Å². The first-order valence-corrected chi connectivity index (χ1v) is 10.4. The van der Waals surface area contributed by atoms with Gasteiger partial charge >= 0.3 is 0 Å². The summed E-state index contributed by atoms with van der Waals surface area (Å²) in [5.74, 6) is 0.743. The number of unbranched alkanes of at least 4 members (excludes halogenated alkanes) is 3. The van der Waals surface area contributed by atoms with E-state index in [0.717, 1.165) is 36.8 Å². The Morgan fingerprint density at radius 3 is 1.52 bits per heavy atom. The van der Waals surface area contributed by atoms with Gasteiger partial charge in [-0.15, -0.1) is 0 Å². The van der Waals surface area contributed by atoms with Crippen LogP contribution in [0.2, 0.25) is 0 Å². The third-order valence-corrected chi connectivity index (χ3v) is 6.75. The summed E-state index contributed by atoms with van der Waals surface area (Å²) in [6.45, 7) is 4.78. The highest BCUT2D eigenvalue weighted by atomic mass is 16.3. The second kappa shape index (κ2) is 7.60. The molecule has 2 saturated carbocycles. The summed E-state index contributed by atoms with van der Waals surface area (Å²) >= 11 is 0. The lowest BCUT2D eigenvalue weighted by molar-refractivity contribution is 0.439. The SMILES string of the molecule is CC1(CCCCCc2c(O)ccc(O)c2CCCCC2(C)CC2)CC1. The largest absolute Gasteiger partial charge is 0.508 e. The number of phenolic OH excluding ortho intramolecular Hbond substituents is 2. The number of benzene rings is 1. The van der Waals surface area contributed by atoms with Gasteiger partial charge in [-0.1, -0.05) is 33.1 Å². The third kappa shape index (κ3) is 5.39. The molecular formula is C23H36O2. The zero-order valence-electron chi connectivity index (χ0n) is 16.2. The molecule has 0 aliphatic heterocycles. The van der Waals surface area contributed by atoms with Gasteiger partial charge in [0.15, 0.2) is 0 Å². The minimum absolute atomic E-state index is 0.371.